The first-order valence-corrected chi connectivity index (χ1v) is 10.2. The summed E-state index contributed by atoms with van der Waals surface area (Å²) in [5, 5.41) is 0. The summed E-state index contributed by atoms with van der Waals surface area (Å²) < 4.78 is 16.5. The fourth-order valence-electron chi connectivity index (χ4n) is 2.83. The highest BCUT2D eigenvalue weighted by Crippen LogP contribution is 2.12. The van der Waals surface area contributed by atoms with Crippen molar-refractivity contribution in [3.05, 3.63) is 0 Å². The zero-order valence-corrected chi connectivity index (χ0v) is 15.4. The second-order valence-electron chi connectivity index (χ2n) is 5.83. The van der Waals surface area contributed by atoms with Crippen LogP contribution in [0.15, 0.2) is 0 Å². The smallest absolute Gasteiger partial charge is 0.376 e. The predicted molar refractivity (Wildman–Crippen MR) is 88.4 cm³/mol. The zero-order chi connectivity index (χ0) is 15.6. The van der Waals surface area contributed by atoms with Crippen LogP contribution < -0.4 is 0 Å². The lowest BCUT2D eigenvalue weighted by atomic mass is 10.1. The van der Waals surface area contributed by atoms with Crippen LogP contribution in [0, 0.1) is 0 Å². The molecule has 0 spiro atoms. The quantitative estimate of drug-likeness (QED) is 0.430. The molecule has 0 unspecified atom stereocenters. The SMILES string of the molecule is CCCCCCCN1CCN(C[Si](OC)(OC)OC)CC1. The zero-order valence-electron chi connectivity index (χ0n) is 14.4. The Hall–Kier alpha value is 0.0169. The summed E-state index contributed by atoms with van der Waals surface area (Å²) in [5.74, 6) is 0. The Morgan fingerprint density at radius 3 is 1.81 bits per heavy atom. The van der Waals surface area contributed by atoms with Crippen molar-refractivity contribution in [2.75, 3.05) is 60.2 Å². The Morgan fingerprint density at radius 1 is 0.762 bits per heavy atom. The van der Waals surface area contributed by atoms with Gasteiger partial charge < -0.3 is 18.2 Å². The van der Waals surface area contributed by atoms with Gasteiger partial charge in [-0.25, -0.2) is 0 Å². The lowest BCUT2D eigenvalue weighted by molar-refractivity contribution is 0.0822. The van der Waals surface area contributed by atoms with Gasteiger partial charge in [0.05, 0.1) is 6.17 Å². The minimum absolute atomic E-state index is 0.792. The summed E-state index contributed by atoms with van der Waals surface area (Å²) in [6, 6.07) is 0. The molecule has 0 N–H and O–H groups in total. The topological polar surface area (TPSA) is 34.2 Å². The van der Waals surface area contributed by atoms with E-state index in [4.69, 9.17) is 13.3 Å². The molecule has 0 aliphatic carbocycles. The first kappa shape index (κ1) is 19.1. The van der Waals surface area contributed by atoms with E-state index in [9.17, 15) is 0 Å². The van der Waals surface area contributed by atoms with Crippen molar-refractivity contribution in [3.63, 3.8) is 0 Å². The van der Waals surface area contributed by atoms with Gasteiger partial charge in [0.25, 0.3) is 0 Å². The molecule has 21 heavy (non-hydrogen) atoms. The lowest BCUT2D eigenvalue weighted by Crippen LogP contribution is -2.57. The minimum Gasteiger partial charge on any atom is -0.376 e. The van der Waals surface area contributed by atoms with Crippen LogP contribution in [0.1, 0.15) is 39.0 Å². The molecule has 0 atom stereocenters. The number of nitrogens with zero attached hydrogens (tertiary/aromatic N) is 2. The molecule has 1 aliphatic heterocycles. The van der Waals surface area contributed by atoms with Crippen molar-refractivity contribution in [3.8, 4) is 0 Å². The monoisotopic (exact) mass is 318 g/mol. The predicted octanol–water partition coefficient (Wildman–Crippen LogP) is 1.99. The van der Waals surface area contributed by atoms with Crippen LogP contribution in [0.5, 0.6) is 0 Å². The summed E-state index contributed by atoms with van der Waals surface area (Å²) in [5.41, 5.74) is 0. The Balaban J connectivity index is 2.19. The molecule has 0 amide bonds. The van der Waals surface area contributed by atoms with E-state index >= 15 is 0 Å². The van der Waals surface area contributed by atoms with Gasteiger partial charge in [0.15, 0.2) is 0 Å². The van der Waals surface area contributed by atoms with Crippen molar-refractivity contribution < 1.29 is 13.3 Å². The minimum atomic E-state index is -2.46. The van der Waals surface area contributed by atoms with Crippen molar-refractivity contribution in [2.45, 2.75) is 39.0 Å². The molecule has 1 aliphatic rings. The van der Waals surface area contributed by atoms with Crippen LogP contribution in [0.25, 0.3) is 0 Å². The Morgan fingerprint density at radius 2 is 1.29 bits per heavy atom. The number of hydrogen-bond donors (Lipinski definition) is 0. The molecule has 6 heteroatoms. The highest BCUT2D eigenvalue weighted by Gasteiger charge is 2.40. The van der Waals surface area contributed by atoms with Gasteiger partial charge in [0, 0.05) is 47.5 Å². The van der Waals surface area contributed by atoms with E-state index in [1.807, 2.05) is 0 Å². The van der Waals surface area contributed by atoms with Gasteiger partial charge in [-0.1, -0.05) is 32.6 Å². The van der Waals surface area contributed by atoms with Gasteiger partial charge in [-0.2, -0.15) is 0 Å². The van der Waals surface area contributed by atoms with E-state index < -0.39 is 8.80 Å². The molecule has 0 aromatic carbocycles. The molecule has 0 aromatic heterocycles. The molecule has 0 aromatic rings. The van der Waals surface area contributed by atoms with Crippen LogP contribution in [0.2, 0.25) is 0 Å². The molecule has 126 valence electrons. The summed E-state index contributed by atoms with van der Waals surface area (Å²) in [6.07, 6.45) is 7.60. The van der Waals surface area contributed by atoms with Crippen molar-refractivity contribution in [2.24, 2.45) is 0 Å². The standard InChI is InChI=1S/C15H34N2O3Si/c1-5-6-7-8-9-10-16-11-13-17(14-12-16)15-21(18-2,19-3)20-4/h5-15H2,1-4H3. The van der Waals surface area contributed by atoms with Crippen LogP contribution in [-0.2, 0) is 13.3 Å². The highest BCUT2D eigenvalue weighted by atomic mass is 28.4. The van der Waals surface area contributed by atoms with Crippen LogP contribution in [0.4, 0.5) is 0 Å². The average Bonchev–Trinajstić information content (AvgIpc) is 2.54. The van der Waals surface area contributed by atoms with E-state index in [0.717, 1.165) is 32.3 Å². The van der Waals surface area contributed by atoms with Gasteiger partial charge >= 0.3 is 8.80 Å². The van der Waals surface area contributed by atoms with Crippen LogP contribution >= 0.6 is 0 Å². The van der Waals surface area contributed by atoms with Crippen molar-refractivity contribution in [1.29, 1.82) is 0 Å². The number of piperazine rings is 1. The number of hydrogen-bond acceptors (Lipinski definition) is 5. The maximum Gasteiger partial charge on any atom is 0.514 e. The number of unbranched alkanes of at least 4 members (excludes halogenated alkanes) is 4. The molecule has 0 saturated carbocycles. The molecule has 1 rings (SSSR count). The molecule has 0 bridgehead atoms. The fraction of sp³-hybridized carbons (Fsp3) is 1.00. The molecule has 1 saturated heterocycles. The van der Waals surface area contributed by atoms with E-state index in [-0.39, 0.29) is 0 Å². The molecular formula is C15H34N2O3Si. The Bertz CT molecular complexity index is 249. The second kappa shape index (κ2) is 10.7. The second-order valence-corrected chi connectivity index (χ2v) is 8.73. The van der Waals surface area contributed by atoms with Gasteiger partial charge in [0.1, 0.15) is 0 Å². The summed E-state index contributed by atoms with van der Waals surface area (Å²) in [6.45, 7) is 7.98. The third-order valence-corrected chi connectivity index (χ3v) is 7.09. The van der Waals surface area contributed by atoms with Gasteiger partial charge in [0.2, 0.25) is 0 Å². The molecule has 1 heterocycles. The van der Waals surface area contributed by atoms with Gasteiger partial charge in [-0.05, 0) is 13.0 Å². The van der Waals surface area contributed by atoms with Crippen LogP contribution in [0.3, 0.4) is 0 Å². The van der Waals surface area contributed by atoms with E-state index in [1.54, 1.807) is 21.3 Å². The molecule has 0 radical (unpaired) electrons. The van der Waals surface area contributed by atoms with Gasteiger partial charge in [-0.15, -0.1) is 0 Å². The Labute approximate surface area is 131 Å². The summed E-state index contributed by atoms with van der Waals surface area (Å²) >= 11 is 0. The Kier molecular flexibility index (Phi) is 9.71. The van der Waals surface area contributed by atoms with Crippen LogP contribution in [-0.4, -0.2) is 78.8 Å². The summed E-state index contributed by atoms with van der Waals surface area (Å²) in [4.78, 5) is 4.99. The van der Waals surface area contributed by atoms with Crippen molar-refractivity contribution in [1.82, 2.24) is 9.80 Å². The molecular weight excluding hydrogens is 284 g/mol. The maximum absolute atomic E-state index is 5.51. The van der Waals surface area contributed by atoms with E-state index in [2.05, 4.69) is 16.7 Å². The third kappa shape index (κ3) is 6.75. The fourth-order valence-corrected chi connectivity index (χ4v) is 4.58. The largest absolute Gasteiger partial charge is 0.514 e. The van der Waals surface area contributed by atoms with Crippen molar-refractivity contribution >= 4 is 8.80 Å². The number of rotatable bonds is 11. The molecule has 5 nitrogen and oxygen atoms in total. The van der Waals surface area contributed by atoms with E-state index in [1.165, 1.54) is 38.6 Å². The summed E-state index contributed by atoms with van der Waals surface area (Å²) in [7, 11) is 2.60. The third-order valence-electron chi connectivity index (χ3n) is 4.39. The molecule has 1 fully saturated rings. The van der Waals surface area contributed by atoms with E-state index in [0.29, 0.717) is 0 Å². The average molecular weight is 319 g/mol. The first-order chi connectivity index (χ1) is 10.2. The normalized spacial score (nSPS) is 18.3. The van der Waals surface area contributed by atoms with Gasteiger partial charge in [-0.3, -0.25) is 4.90 Å². The lowest BCUT2D eigenvalue weighted by Gasteiger charge is -2.37. The highest BCUT2D eigenvalue weighted by molar-refractivity contribution is 6.60. The first-order valence-electron chi connectivity index (χ1n) is 8.30. The maximum atomic E-state index is 5.51.